The molecule has 0 aliphatic heterocycles. The molecule has 120 valence electrons. The van der Waals surface area contributed by atoms with Gasteiger partial charge in [-0.1, -0.05) is 13.8 Å². The van der Waals surface area contributed by atoms with E-state index in [2.05, 4.69) is 5.10 Å². The van der Waals surface area contributed by atoms with Crippen LogP contribution in [-0.2, 0) is 12.7 Å². The minimum Gasteiger partial charge on any atom is -0.382 e. The third kappa shape index (κ3) is 2.51. The first kappa shape index (κ1) is 16.1. The van der Waals surface area contributed by atoms with Crippen molar-refractivity contribution in [2.75, 3.05) is 0 Å². The molecule has 1 heterocycles. The Morgan fingerprint density at radius 2 is 1.90 bits per heavy atom. The number of halogens is 6. The van der Waals surface area contributed by atoms with Crippen LogP contribution in [0, 0.1) is 5.92 Å². The highest BCUT2D eigenvalue weighted by Crippen LogP contribution is 2.55. The Bertz CT molecular complexity index is 537. The summed E-state index contributed by atoms with van der Waals surface area (Å²) in [6.07, 6.45) is -10.5. The minimum atomic E-state index is -5.03. The lowest BCUT2D eigenvalue weighted by Gasteiger charge is -2.18. The summed E-state index contributed by atoms with van der Waals surface area (Å²) in [5.74, 6) is -4.21. The third-order valence-electron chi connectivity index (χ3n) is 3.43. The molecular formula is C12H14F6N2O. The summed E-state index contributed by atoms with van der Waals surface area (Å²) in [7, 11) is 0. The molecule has 3 nitrogen and oxygen atoms in total. The van der Waals surface area contributed by atoms with Crippen LogP contribution in [0.25, 0.3) is 0 Å². The Kier molecular flexibility index (Phi) is 3.76. The Hall–Kier alpha value is -1.25. The van der Waals surface area contributed by atoms with Gasteiger partial charge in [0.2, 0.25) is 6.17 Å². The highest BCUT2D eigenvalue weighted by molar-refractivity contribution is 5.40. The van der Waals surface area contributed by atoms with Crippen LogP contribution < -0.4 is 0 Å². The van der Waals surface area contributed by atoms with Gasteiger partial charge < -0.3 is 5.11 Å². The van der Waals surface area contributed by atoms with Crippen LogP contribution in [0.4, 0.5) is 26.3 Å². The van der Waals surface area contributed by atoms with Crippen molar-refractivity contribution in [3.63, 3.8) is 0 Å². The summed E-state index contributed by atoms with van der Waals surface area (Å²) in [6.45, 7) is 3.44. The standard InChI is InChI=1S/C12H14F6N2O/c1-5(2)3-4-20-7-6(9(19-20)12(16,17)18)10(21)11(14,15)8(7)13/h5,8,10,21H,3-4H2,1-2H3/t8-,10+/m1/s1. The fourth-order valence-corrected chi connectivity index (χ4v) is 2.30. The Morgan fingerprint density at radius 3 is 2.38 bits per heavy atom. The van der Waals surface area contributed by atoms with E-state index in [1.54, 1.807) is 13.8 Å². The number of hydrogen-bond donors (Lipinski definition) is 1. The van der Waals surface area contributed by atoms with E-state index < -0.39 is 41.3 Å². The van der Waals surface area contributed by atoms with Crippen molar-refractivity contribution >= 4 is 0 Å². The number of aryl methyl sites for hydroxylation is 1. The van der Waals surface area contributed by atoms with E-state index in [4.69, 9.17) is 0 Å². The molecule has 1 aliphatic carbocycles. The van der Waals surface area contributed by atoms with E-state index in [0.29, 0.717) is 11.1 Å². The lowest BCUT2D eigenvalue weighted by Crippen LogP contribution is -2.27. The molecule has 0 saturated heterocycles. The molecule has 0 saturated carbocycles. The molecule has 0 spiro atoms. The zero-order chi connectivity index (χ0) is 16.2. The summed E-state index contributed by atoms with van der Waals surface area (Å²) < 4.78 is 79.9. The van der Waals surface area contributed by atoms with Crippen LogP contribution in [0.3, 0.4) is 0 Å². The van der Waals surface area contributed by atoms with Crippen LogP contribution >= 0.6 is 0 Å². The van der Waals surface area contributed by atoms with Crippen molar-refractivity contribution in [2.24, 2.45) is 5.92 Å². The number of nitrogens with zero attached hydrogens (tertiary/aromatic N) is 2. The van der Waals surface area contributed by atoms with Gasteiger partial charge in [0.15, 0.2) is 5.69 Å². The van der Waals surface area contributed by atoms with E-state index >= 15 is 0 Å². The van der Waals surface area contributed by atoms with Gasteiger partial charge in [0.05, 0.1) is 5.69 Å². The summed E-state index contributed by atoms with van der Waals surface area (Å²) in [4.78, 5) is 0. The predicted molar refractivity (Wildman–Crippen MR) is 60.4 cm³/mol. The van der Waals surface area contributed by atoms with Crippen LogP contribution in [0.1, 0.15) is 49.5 Å². The van der Waals surface area contributed by atoms with Gasteiger partial charge in [0.25, 0.3) is 0 Å². The topological polar surface area (TPSA) is 38.0 Å². The maximum atomic E-state index is 13.8. The minimum absolute atomic E-state index is 0.0732. The molecule has 0 radical (unpaired) electrons. The van der Waals surface area contributed by atoms with Crippen molar-refractivity contribution in [1.82, 2.24) is 9.78 Å². The number of alkyl halides is 6. The van der Waals surface area contributed by atoms with Gasteiger partial charge in [-0.3, -0.25) is 4.68 Å². The first-order valence-electron chi connectivity index (χ1n) is 6.35. The van der Waals surface area contributed by atoms with E-state index in [1.807, 2.05) is 0 Å². The van der Waals surface area contributed by atoms with Gasteiger partial charge in [-0.15, -0.1) is 0 Å². The van der Waals surface area contributed by atoms with Gasteiger partial charge in [0.1, 0.15) is 6.10 Å². The number of fused-ring (bicyclic) bond motifs is 1. The van der Waals surface area contributed by atoms with Gasteiger partial charge >= 0.3 is 12.1 Å². The van der Waals surface area contributed by atoms with Gasteiger partial charge in [-0.2, -0.15) is 27.1 Å². The summed E-state index contributed by atoms with van der Waals surface area (Å²) in [5.41, 5.74) is -3.67. The summed E-state index contributed by atoms with van der Waals surface area (Å²) >= 11 is 0. The molecule has 2 rings (SSSR count). The molecule has 0 bridgehead atoms. The van der Waals surface area contributed by atoms with Crippen molar-refractivity contribution in [1.29, 1.82) is 0 Å². The van der Waals surface area contributed by atoms with E-state index in [1.165, 1.54) is 0 Å². The molecule has 1 aliphatic rings. The molecule has 0 fully saturated rings. The monoisotopic (exact) mass is 316 g/mol. The fourth-order valence-electron chi connectivity index (χ4n) is 2.30. The number of aromatic nitrogens is 2. The summed E-state index contributed by atoms with van der Waals surface area (Å²) in [6, 6.07) is 0. The second-order valence-corrected chi connectivity index (χ2v) is 5.49. The molecule has 0 amide bonds. The zero-order valence-electron chi connectivity index (χ0n) is 11.3. The number of aliphatic hydroxyl groups excluding tert-OH is 1. The smallest absolute Gasteiger partial charge is 0.382 e. The largest absolute Gasteiger partial charge is 0.435 e. The predicted octanol–water partition coefficient (Wildman–Crippen LogP) is 3.64. The lowest BCUT2D eigenvalue weighted by atomic mass is 10.1. The van der Waals surface area contributed by atoms with E-state index in [9.17, 15) is 31.4 Å². The molecule has 21 heavy (non-hydrogen) atoms. The quantitative estimate of drug-likeness (QED) is 0.865. The molecular weight excluding hydrogens is 302 g/mol. The normalized spacial score (nSPS) is 24.7. The first-order chi connectivity index (χ1) is 9.48. The second-order valence-electron chi connectivity index (χ2n) is 5.49. The molecule has 2 atom stereocenters. The third-order valence-corrected chi connectivity index (χ3v) is 3.43. The Morgan fingerprint density at radius 1 is 1.33 bits per heavy atom. The molecule has 9 heteroatoms. The highest BCUT2D eigenvalue weighted by Gasteiger charge is 2.61. The molecule has 1 N–H and O–H groups in total. The van der Waals surface area contributed by atoms with Crippen molar-refractivity contribution in [3.05, 3.63) is 17.0 Å². The van der Waals surface area contributed by atoms with Crippen LogP contribution in [0.2, 0.25) is 0 Å². The number of hydrogen-bond acceptors (Lipinski definition) is 2. The van der Waals surface area contributed by atoms with Gasteiger partial charge in [-0.05, 0) is 12.3 Å². The van der Waals surface area contributed by atoms with Crippen LogP contribution in [0.15, 0.2) is 0 Å². The molecule has 1 aromatic rings. The lowest BCUT2D eigenvalue weighted by molar-refractivity contribution is -0.156. The fraction of sp³-hybridized carbons (Fsp3) is 0.750. The first-order valence-corrected chi connectivity index (χ1v) is 6.35. The molecule has 0 unspecified atom stereocenters. The second kappa shape index (κ2) is 4.89. The molecule has 1 aromatic heterocycles. The maximum absolute atomic E-state index is 13.8. The SMILES string of the molecule is CC(C)CCn1nc(C(F)(F)F)c2c1[C@@H](F)C(F)(F)[C@H]2O. The van der Waals surface area contributed by atoms with E-state index in [0.717, 1.165) is 0 Å². The maximum Gasteiger partial charge on any atom is 0.435 e. The van der Waals surface area contributed by atoms with E-state index in [-0.39, 0.29) is 12.5 Å². The average Bonchev–Trinajstić information content (AvgIpc) is 2.79. The van der Waals surface area contributed by atoms with Gasteiger partial charge in [0, 0.05) is 12.1 Å². The average molecular weight is 316 g/mol. The Labute approximate surface area is 116 Å². The Balaban J connectivity index is 2.55. The van der Waals surface area contributed by atoms with Crippen LogP contribution in [0.5, 0.6) is 0 Å². The zero-order valence-corrected chi connectivity index (χ0v) is 11.3. The highest BCUT2D eigenvalue weighted by atomic mass is 19.4. The molecule has 0 aromatic carbocycles. The van der Waals surface area contributed by atoms with Crippen LogP contribution in [-0.4, -0.2) is 20.8 Å². The number of rotatable bonds is 3. The number of aliphatic hydroxyl groups is 1. The van der Waals surface area contributed by atoms with Crippen molar-refractivity contribution in [3.8, 4) is 0 Å². The van der Waals surface area contributed by atoms with Gasteiger partial charge in [-0.25, -0.2) is 4.39 Å². The van der Waals surface area contributed by atoms with Crippen molar-refractivity contribution < 1.29 is 31.4 Å². The summed E-state index contributed by atoms with van der Waals surface area (Å²) in [5, 5.41) is 12.6. The van der Waals surface area contributed by atoms with Crippen molar-refractivity contribution in [2.45, 2.75) is 51.2 Å².